The molecule has 0 aromatic carbocycles. The zero-order chi connectivity index (χ0) is 17.8. The Morgan fingerprint density at radius 1 is 0.654 bits per heavy atom. The maximum Gasteiger partial charge on any atom is -0.0236 e. The first-order chi connectivity index (χ1) is 12.8. The molecular weight excluding hydrogens is 312 g/mol. The summed E-state index contributed by atoms with van der Waals surface area (Å²) in [6.45, 7) is 2.44. The van der Waals surface area contributed by atoms with Gasteiger partial charge in [0.05, 0.1) is 0 Å². The van der Waals surface area contributed by atoms with E-state index in [-0.39, 0.29) is 0 Å². The number of hydrogen-bond donors (Lipinski definition) is 0. The highest BCUT2D eigenvalue weighted by Gasteiger charge is 2.53. The first-order valence-corrected chi connectivity index (χ1v) is 12.8. The zero-order valence-electron chi connectivity index (χ0n) is 17.8. The first-order valence-electron chi connectivity index (χ1n) is 12.8. The fourth-order valence-electron chi connectivity index (χ4n) is 8.47. The van der Waals surface area contributed by atoms with Crippen molar-refractivity contribution < 1.29 is 0 Å². The Morgan fingerprint density at radius 2 is 1.27 bits per heavy atom. The maximum atomic E-state index is 2.44. The summed E-state index contributed by atoms with van der Waals surface area (Å²) >= 11 is 0. The lowest BCUT2D eigenvalue weighted by molar-refractivity contribution is -0.0906. The minimum Gasteiger partial charge on any atom is -0.0654 e. The Hall–Kier alpha value is 0. The van der Waals surface area contributed by atoms with Gasteiger partial charge in [-0.1, -0.05) is 90.4 Å². The molecule has 0 radical (unpaired) electrons. The summed E-state index contributed by atoms with van der Waals surface area (Å²) in [5, 5.41) is 0. The van der Waals surface area contributed by atoms with E-state index >= 15 is 0 Å². The molecule has 4 unspecified atom stereocenters. The Balaban J connectivity index is 1.61. The van der Waals surface area contributed by atoms with Crippen LogP contribution in [0.3, 0.4) is 0 Å². The van der Waals surface area contributed by atoms with Gasteiger partial charge in [0.15, 0.2) is 0 Å². The van der Waals surface area contributed by atoms with E-state index < -0.39 is 0 Å². The van der Waals surface area contributed by atoms with Gasteiger partial charge in [-0.2, -0.15) is 0 Å². The average molecular weight is 359 g/mol. The normalized spacial score (nSPS) is 40.3. The molecule has 4 aliphatic carbocycles. The highest BCUT2D eigenvalue weighted by molar-refractivity contribution is 5.02. The summed E-state index contributed by atoms with van der Waals surface area (Å²) < 4.78 is 0. The maximum absolute atomic E-state index is 2.44. The molecule has 4 fully saturated rings. The second-order valence-corrected chi connectivity index (χ2v) is 10.9. The van der Waals surface area contributed by atoms with Crippen molar-refractivity contribution in [1.82, 2.24) is 0 Å². The molecule has 150 valence electrons. The van der Waals surface area contributed by atoms with Gasteiger partial charge < -0.3 is 0 Å². The topological polar surface area (TPSA) is 0 Å². The summed E-state index contributed by atoms with van der Waals surface area (Å²) in [7, 11) is 0. The zero-order valence-corrected chi connectivity index (χ0v) is 17.8. The lowest BCUT2D eigenvalue weighted by Gasteiger charge is -2.59. The van der Waals surface area contributed by atoms with Gasteiger partial charge in [0.2, 0.25) is 0 Å². The number of hydrogen-bond acceptors (Lipinski definition) is 0. The van der Waals surface area contributed by atoms with Crippen LogP contribution in [0.1, 0.15) is 129 Å². The molecule has 0 saturated heterocycles. The molecule has 0 aromatic rings. The van der Waals surface area contributed by atoms with Crippen LogP contribution >= 0.6 is 0 Å². The van der Waals surface area contributed by atoms with E-state index in [4.69, 9.17) is 0 Å². The van der Waals surface area contributed by atoms with Crippen molar-refractivity contribution in [3.05, 3.63) is 0 Å². The van der Waals surface area contributed by atoms with Crippen molar-refractivity contribution in [2.24, 2.45) is 35.0 Å². The fourth-order valence-corrected chi connectivity index (χ4v) is 8.47. The second-order valence-electron chi connectivity index (χ2n) is 10.9. The molecule has 4 aliphatic rings. The van der Waals surface area contributed by atoms with E-state index in [1.807, 2.05) is 0 Å². The van der Waals surface area contributed by atoms with Gasteiger partial charge in [0.25, 0.3) is 0 Å². The Kier molecular flexibility index (Phi) is 6.69. The largest absolute Gasteiger partial charge is 0.0654 e. The van der Waals surface area contributed by atoms with Crippen molar-refractivity contribution in [2.75, 3.05) is 0 Å². The smallest absolute Gasteiger partial charge is 0.0236 e. The predicted molar refractivity (Wildman–Crippen MR) is 113 cm³/mol. The van der Waals surface area contributed by atoms with Crippen molar-refractivity contribution >= 4 is 0 Å². The lowest BCUT2D eigenvalue weighted by Crippen LogP contribution is -2.50. The van der Waals surface area contributed by atoms with Crippen LogP contribution in [-0.4, -0.2) is 0 Å². The highest BCUT2D eigenvalue weighted by Crippen LogP contribution is 2.62. The summed E-state index contributed by atoms with van der Waals surface area (Å²) in [4.78, 5) is 0. The summed E-state index contributed by atoms with van der Waals surface area (Å²) in [6, 6.07) is 0. The van der Waals surface area contributed by atoms with Crippen LogP contribution in [0.2, 0.25) is 0 Å². The second kappa shape index (κ2) is 9.00. The van der Waals surface area contributed by atoms with E-state index in [9.17, 15) is 0 Å². The monoisotopic (exact) mass is 358 g/mol. The third-order valence-corrected chi connectivity index (χ3v) is 9.63. The third kappa shape index (κ3) is 3.91. The van der Waals surface area contributed by atoms with E-state index in [2.05, 4.69) is 6.92 Å². The van der Waals surface area contributed by atoms with Crippen LogP contribution in [0, 0.1) is 35.0 Å². The lowest BCUT2D eigenvalue weighted by atomic mass is 9.46. The van der Waals surface area contributed by atoms with Crippen molar-refractivity contribution in [3.63, 3.8) is 0 Å². The molecule has 0 N–H and O–H groups in total. The van der Waals surface area contributed by atoms with E-state index in [0.717, 1.165) is 35.0 Å². The SMILES string of the molecule is CCCCC1(C2CCCCC2)CC(C2CCCCC2)CC2CCCCC21. The van der Waals surface area contributed by atoms with Crippen LogP contribution in [0.5, 0.6) is 0 Å². The van der Waals surface area contributed by atoms with E-state index in [0.29, 0.717) is 0 Å². The Labute approximate surface area is 164 Å². The molecule has 0 nitrogen and oxygen atoms in total. The number of unbranched alkanes of at least 4 members (excludes halogenated alkanes) is 1. The number of rotatable bonds is 5. The first kappa shape index (κ1) is 19.3. The summed E-state index contributed by atoms with van der Waals surface area (Å²) in [5.41, 5.74) is 0.766. The molecule has 0 spiro atoms. The summed E-state index contributed by atoms with van der Waals surface area (Å²) in [5.74, 6) is 5.54. The van der Waals surface area contributed by atoms with Crippen molar-refractivity contribution in [1.29, 1.82) is 0 Å². The fraction of sp³-hybridized carbons (Fsp3) is 1.00. The van der Waals surface area contributed by atoms with E-state index in [1.54, 1.807) is 96.3 Å². The van der Waals surface area contributed by atoms with Gasteiger partial charge in [0, 0.05) is 0 Å². The molecule has 4 atom stereocenters. The van der Waals surface area contributed by atoms with E-state index in [1.165, 1.54) is 25.7 Å². The minimum atomic E-state index is 0.766. The van der Waals surface area contributed by atoms with Gasteiger partial charge in [-0.15, -0.1) is 0 Å². The number of fused-ring (bicyclic) bond motifs is 1. The van der Waals surface area contributed by atoms with Gasteiger partial charge in [-0.3, -0.25) is 0 Å². The third-order valence-electron chi connectivity index (χ3n) is 9.63. The van der Waals surface area contributed by atoms with Crippen LogP contribution in [0.25, 0.3) is 0 Å². The minimum absolute atomic E-state index is 0.766. The molecule has 0 aliphatic heterocycles. The van der Waals surface area contributed by atoms with Gasteiger partial charge >= 0.3 is 0 Å². The predicted octanol–water partition coefficient (Wildman–Crippen LogP) is 8.54. The molecule has 0 heteroatoms. The molecule has 0 amide bonds. The summed E-state index contributed by atoms with van der Waals surface area (Å²) in [6.07, 6.45) is 29.7. The highest BCUT2D eigenvalue weighted by atomic mass is 14.6. The Bertz CT molecular complexity index is 414. The molecule has 4 rings (SSSR count). The molecular formula is C26H46. The Morgan fingerprint density at radius 3 is 2.00 bits per heavy atom. The quantitative estimate of drug-likeness (QED) is 0.462. The molecule has 0 heterocycles. The molecule has 4 saturated carbocycles. The van der Waals surface area contributed by atoms with Crippen LogP contribution < -0.4 is 0 Å². The standard InChI is InChI=1S/C26H46/c1-2-3-18-26(24-15-8-5-9-16-24)20-23(21-12-6-4-7-13-21)19-22-14-10-11-17-25(22)26/h21-25H,2-20H2,1H3. The van der Waals surface area contributed by atoms with Crippen molar-refractivity contribution in [2.45, 2.75) is 129 Å². The molecule has 0 bridgehead atoms. The van der Waals surface area contributed by atoms with Crippen molar-refractivity contribution in [3.8, 4) is 0 Å². The van der Waals surface area contributed by atoms with Crippen LogP contribution in [0.15, 0.2) is 0 Å². The van der Waals surface area contributed by atoms with Crippen LogP contribution in [-0.2, 0) is 0 Å². The molecule has 0 aromatic heterocycles. The molecule has 26 heavy (non-hydrogen) atoms. The van der Waals surface area contributed by atoms with Gasteiger partial charge in [-0.25, -0.2) is 0 Å². The van der Waals surface area contributed by atoms with Gasteiger partial charge in [-0.05, 0) is 73.5 Å². The average Bonchev–Trinajstić information content (AvgIpc) is 2.73. The van der Waals surface area contributed by atoms with Gasteiger partial charge in [0.1, 0.15) is 0 Å². The van der Waals surface area contributed by atoms with Crippen LogP contribution in [0.4, 0.5) is 0 Å².